The van der Waals surface area contributed by atoms with E-state index in [0.29, 0.717) is 35.5 Å². The van der Waals surface area contributed by atoms with Crippen LogP contribution in [0.5, 0.6) is 17.2 Å². The summed E-state index contributed by atoms with van der Waals surface area (Å²) in [6.07, 6.45) is 4.12. The number of urea groups is 1. The summed E-state index contributed by atoms with van der Waals surface area (Å²) in [4.78, 5) is 30.0. The Morgan fingerprint density at radius 2 is 1.68 bits per heavy atom. The molecule has 0 atom stereocenters. The molecule has 2 aliphatic rings. The molecule has 0 radical (unpaired) electrons. The molecule has 2 aliphatic heterocycles. The molecule has 1 fully saturated rings. The molecule has 0 unspecified atom stereocenters. The maximum atomic E-state index is 14.5. The van der Waals surface area contributed by atoms with E-state index < -0.39 is 0 Å². The number of ether oxygens (including phenoxy) is 3. The average molecular weight is 637 g/mol. The second-order valence-electron chi connectivity index (χ2n) is 12.7. The second kappa shape index (κ2) is 13.4. The monoisotopic (exact) mass is 636 g/mol. The van der Waals surface area contributed by atoms with Gasteiger partial charge in [-0.15, -0.1) is 0 Å². The molecule has 3 heterocycles. The minimum atomic E-state index is -0.243. The summed E-state index contributed by atoms with van der Waals surface area (Å²) in [6.45, 7) is 12.8. The summed E-state index contributed by atoms with van der Waals surface area (Å²) >= 11 is 0. The SMILES string of the molecule is COc1ccc(N2C(=O)N(c3c(C)cccc3C)Cc3cnc(Nc4ccc(N5CCC(C)CC5)cc4OC(C)C)nc32)c(OC)c1. The van der Waals surface area contributed by atoms with Gasteiger partial charge in [0, 0.05) is 42.7 Å². The Kier molecular flexibility index (Phi) is 9.11. The summed E-state index contributed by atoms with van der Waals surface area (Å²) in [5, 5.41) is 3.39. The Morgan fingerprint density at radius 3 is 2.36 bits per heavy atom. The standard InChI is InChI=1S/C37H44N6O4/c1-23(2)47-32-19-28(41-17-15-24(3)16-18-41)11-13-30(32)39-36-38-21-27-22-42(34-25(4)9-8-10-26(34)5)37(44)43(35(27)40-36)31-14-12-29(45-6)20-33(31)46-7/h8-14,19-21,23-24H,15-18,22H2,1-7H3,(H,38,39,40). The van der Waals surface area contributed by atoms with E-state index in [1.165, 1.54) is 12.8 Å². The molecule has 1 saturated heterocycles. The van der Waals surface area contributed by atoms with Gasteiger partial charge < -0.3 is 24.4 Å². The van der Waals surface area contributed by atoms with Crippen LogP contribution in [-0.2, 0) is 6.54 Å². The number of nitrogens with zero attached hydrogens (tertiary/aromatic N) is 5. The topological polar surface area (TPSA) is 92.3 Å². The number of rotatable bonds is 9. The first kappa shape index (κ1) is 32.0. The third kappa shape index (κ3) is 6.50. The van der Waals surface area contributed by atoms with Gasteiger partial charge in [0.05, 0.1) is 43.9 Å². The van der Waals surface area contributed by atoms with E-state index in [2.05, 4.69) is 29.3 Å². The minimum Gasteiger partial charge on any atom is -0.497 e. The van der Waals surface area contributed by atoms with Gasteiger partial charge >= 0.3 is 6.03 Å². The van der Waals surface area contributed by atoms with Gasteiger partial charge in [0.25, 0.3) is 0 Å². The number of methoxy groups -OCH3 is 2. The van der Waals surface area contributed by atoms with Gasteiger partial charge in [0.1, 0.15) is 17.2 Å². The van der Waals surface area contributed by atoms with Crippen molar-refractivity contribution in [2.75, 3.05) is 47.3 Å². The molecule has 4 aromatic rings. The second-order valence-corrected chi connectivity index (χ2v) is 12.7. The van der Waals surface area contributed by atoms with E-state index in [0.717, 1.165) is 58.5 Å². The van der Waals surface area contributed by atoms with Crippen LogP contribution >= 0.6 is 0 Å². The number of aromatic nitrogens is 2. The third-order valence-corrected chi connectivity index (χ3v) is 8.86. The zero-order chi connectivity index (χ0) is 33.2. The first-order chi connectivity index (χ1) is 22.7. The van der Waals surface area contributed by atoms with Crippen molar-refractivity contribution in [3.8, 4) is 17.2 Å². The number of benzene rings is 3. The number of amides is 2. The lowest BCUT2D eigenvalue weighted by Gasteiger charge is -2.37. The summed E-state index contributed by atoms with van der Waals surface area (Å²) < 4.78 is 17.5. The van der Waals surface area contributed by atoms with E-state index in [1.54, 1.807) is 36.3 Å². The molecular weight excluding hydrogens is 592 g/mol. The molecule has 6 rings (SSSR count). The molecule has 10 heteroatoms. The Morgan fingerprint density at radius 1 is 0.936 bits per heavy atom. The van der Waals surface area contributed by atoms with Crippen LogP contribution in [0, 0.1) is 19.8 Å². The van der Waals surface area contributed by atoms with Crippen LogP contribution in [0.3, 0.4) is 0 Å². The van der Waals surface area contributed by atoms with Crippen molar-refractivity contribution in [2.24, 2.45) is 5.92 Å². The largest absolute Gasteiger partial charge is 0.497 e. The molecule has 0 saturated carbocycles. The van der Waals surface area contributed by atoms with Crippen molar-refractivity contribution < 1.29 is 19.0 Å². The van der Waals surface area contributed by atoms with Gasteiger partial charge in [-0.1, -0.05) is 25.1 Å². The summed E-state index contributed by atoms with van der Waals surface area (Å²) in [7, 11) is 3.18. The summed E-state index contributed by atoms with van der Waals surface area (Å²) in [6, 6.07) is 17.4. The number of hydrogen-bond acceptors (Lipinski definition) is 8. The van der Waals surface area contributed by atoms with Crippen LogP contribution in [-0.4, -0.2) is 49.4 Å². The maximum absolute atomic E-state index is 14.5. The van der Waals surface area contributed by atoms with E-state index in [4.69, 9.17) is 24.2 Å². The van der Waals surface area contributed by atoms with Crippen molar-refractivity contribution >= 4 is 40.5 Å². The van der Waals surface area contributed by atoms with Crippen molar-refractivity contribution in [2.45, 2.75) is 60.1 Å². The van der Waals surface area contributed by atoms with E-state index in [-0.39, 0.29) is 12.1 Å². The number of aryl methyl sites for hydroxylation is 2. The quantitative estimate of drug-likeness (QED) is 0.197. The predicted molar refractivity (Wildman–Crippen MR) is 187 cm³/mol. The Bertz CT molecular complexity index is 1750. The van der Waals surface area contributed by atoms with Gasteiger partial charge in [0.15, 0.2) is 5.82 Å². The molecule has 2 amide bonds. The first-order valence-corrected chi connectivity index (χ1v) is 16.2. The highest BCUT2D eigenvalue weighted by Gasteiger charge is 2.37. The van der Waals surface area contributed by atoms with E-state index >= 15 is 0 Å². The molecule has 0 spiro atoms. The smallest absolute Gasteiger partial charge is 0.335 e. The molecule has 246 valence electrons. The van der Waals surface area contributed by atoms with Crippen LogP contribution in [0.25, 0.3) is 0 Å². The Balaban J connectivity index is 1.41. The highest BCUT2D eigenvalue weighted by molar-refractivity contribution is 6.11. The number of carbonyl (C=O) groups excluding carboxylic acids is 1. The molecule has 1 N–H and O–H groups in total. The fraction of sp³-hybridized carbons (Fsp3) is 0.378. The molecule has 3 aromatic carbocycles. The van der Waals surface area contributed by atoms with Crippen LogP contribution < -0.4 is 34.2 Å². The number of nitrogens with one attached hydrogen (secondary N) is 1. The van der Waals surface area contributed by atoms with E-state index in [9.17, 15) is 4.79 Å². The van der Waals surface area contributed by atoms with Gasteiger partial charge in [0.2, 0.25) is 5.95 Å². The Labute approximate surface area is 277 Å². The predicted octanol–water partition coefficient (Wildman–Crippen LogP) is 8.16. The van der Waals surface area contributed by atoms with Crippen LogP contribution in [0.1, 0.15) is 50.3 Å². The third-order valence-electron chi connectivity index (χ3n) is 8.86. The van der Waals surface area contributed by atoms with Crippen LogP contribution in [0.4, 0.5) is 39.3 Å². The molecule has 0 aliphatic carbocycles. The minimum absolute atomic E-state index is 0.0248. The molecule has 47 heavy (non-hydrogen) atoms. The van der Waals surface area contributed by atoms with Crippen LogP contribution in [0.2, 0.25) is 0 Å². The van der Waals surface area contributed by atoms with Crippen molar-refractivity contribution in [1.82, 2.24) is 9.97 Å². The van der Waals surface area contributed by atoms with Gasteiger partial charge in [-0.3, -0.25) is 4.90 Å². The lowest BCUT2D eigenvalue weighted by atomic mass is 9.99. The summed E-state index contributed by atoms with van der Waals surface area (Å²) in [5.41, 5.74) is 6.10. The fourth-order valence-electron chi connectivity index (χ4n) is 6.35. The molecular formula is C37H44N6O4. The fourth-order valence-corrected chi connectivity index (χ4v) is 6.35. The summed E-state index contributed by atoms with van der Waals surface area (Å²) in [5.74, 6) is 3.40. The first-order valence-electron chi connectivity index (χ1n) is 16.2. The molecule has 1 aromatic heterocycles. The Hall–Kier alpha value is -4.99. The molecule has 10 nitrogen and oxygen atoms in total. The van der Waals surface area contributed by atoms with Crippen LogP contribution in [0.15, 0.2) is 60.8 Å². The van der Waals surface area contributed by atoms with Gasteiger partial charge in [-0.2, -0.15) is 4.98 Å². The number of para-hydroxylation sites is 1. The molecule has 0 bridgehead atoms. The van der Waals surface area contributed by atoms with E-state index in [1.807, 2.05) is 64.1 Å². The number of piperidine rings is 1. The lowest BCUT2D eigenvalue weighted by Crippen LogP contribution is -2.46. The zero-order valence-electron chi connectivity index (χ0n) is 28.3. The van der Waals surface area contributed by atoms with Crippen molar-refractivity contribution in [1.29, 1.82) is 0 Å². The average Bonchev–Trinajstić information content (AvgIpc) is 3.06. The van der Waals surface area contributed by atoms with Gasteiger partial charge in [-0.25, -0.2) is 14.7 Å². The number of fused-ring (bicyclic) bond motifs is 1. The van der Waals surface area contributed by atoms with Crippen molar-refractivity contribution in [3.63, 3.8) is 0 Å². The van der Waals surface area contributed by atoms with Gasteiger partial charge in [-0.05, 0) is 81.8 Å². The highest BCUT2D eigenvalue weighted by Crippen LogP contribution is 2.43. The normalized spacial score (nSPS) is 15.1. The number of anilines is 6. The maximum Gasteiger partial charge on any atom is 0.335 e. The lowest BCUT2D eigenvalue weighted by molar-refractivity contribution is 0.243. The number of carbonyl (C=O) groups is 1. The number of hydrogen-bond donors (Lipinski definition) is 1. The zero-order valence-corrected chi connectivity index (χ0v) is 28.3. The van der Waals surface area contributed by atoms with Crippen molar-refractivity contribution in [3.05, 3.63) is 77.5 Å². The highest BCUT2D eigenvalue weighted by atomic mass is 16.5.